The topological polar surface area (TPSA) is 20.3 Å². The van der Waals surface area contributed by atoms with E-state index in [2.05, 4.69) is 30.9 Å². The molecule has 1 aromatic rings. The van der Waals surface area contributed by atoms with Gasteiger partial charge in [-0.2, -0.15) is 0 Å². The molecule has 2 heteroatoms. The summed E-state index contributed by atoms with van der Waals surface area (Å²) >= 11 is 0. The molecule has 0 saturated heterocycles. The van der Waals surface area contributed by atoms with E-state index in [4.69, 9.17) is 0 Å². The third-order valence-corrected chi connectivity index (χ3v) is 4.73. The van der Waals surface area contributed by atoms with E-state index in [1.807, 2.05) is 20.2 Å². The average molecular weight is 259 g/mol. The second kappa shape index (κ2) is 5.46. The Kier molecular flexibility index (Phi) is 4.10. The van der Waals surface area contributed by atoms with Crippen molar-refractivity contribution in [3.05, 3.63) is 34.9 Å². The highest BCUT2D eigenvalue weighted by Gasteiger charge is 2.41. The highest BCUT2D eigenvalue weighted by molar-refractivity contribution is 6.03. The van der Waals surface area contributed by atoms with Gasteiger partial charge in [-0.15, -0.1) is 0 Å². The molecule has 2 nitrogen and oxygen atoms in total. The van der Waals surface area contributed by atoms with Gasteiger partial charge in [-0.3, -0.25) is 9.69 Å². The van der Waals surface area contributed by atoms with Crippen LogP contribution in [0.25, 0.3) is 0 Å². The minimum Gasteiger partial charge on any atom is -0.297 e. The third-order valence-electron chi connectivity index (χ3n) is 4.73. The molecule has 1 fully saturated rings. The summed E-state index contributed by atoms with van der Waals surface area (Å²) in [5.41, 5.74) is 3.05. The maximum atomic E-state index is 13.0. The van der Waals surface area contributed by atoms with Gasteiger partial charge < -0.3 is 0 Å². The fourth-order valence-corrected chi connectivity index (χ4v) is 3.17. The summed E-state index contributed by atoms with van der Waals surface area (Å²) in [6.45, 7) is 4.17. The summed E-state index contributed by atoms with van der Waals surface area (Å²) in [6, 6.07) is 6.11. The van der Waals surface area contributed by atoms with Gasteiger partial charge in [0.1, 0.15) is 0 Å². The Bertz CT molecular complexity index is 470. The minimum absolute atomic E-state index is 0.278. The standard InChI is InChI=1S/C17H25NO/c1-13-8-9-15(12-14(13)2)16(19)17(18(3)4)10-6-5-7-11-17/h8-9,12H,5-7,10-11H2,1-4H3. The lowest BCUT2D eigenvalue weighted by molar-refractivity contribution is 0.0564. The fourth-order valence-electron chi connectivity index (χ4n) is 3.17. The number of rotatable bonds is 3. The number of nitrogens with zero attached hydrogens (tertiary/aromatic N) is 1. The Hall–Kier alpha value is -1.15. The second-order valence-corrected chi connectivity index (χ2v) is 6.11. The predicted octanol–water partition coefficient (Wildman–Crippen LogP) is 3.75. The van der Waals surface area contributed by atoms with Gasteiger partial charge in [-0.25, -0.2) is 0 Å². The molecule has 0 aliphatic heterocycles. The second-order valence-electron chi connectivity index (χ2n) is 6.11. The zero-order valence-corrected chi connectivity index (χ0v) is 12.6. The van der Waals surface area contributed by atoms with Crippen LogP contribution in [0.5, 0.6) is 0 Å². The molecule has 0 spiro atoms. The Morgan fingerprint density at radius 3 is 2.21 bits per heavy atom. The van der Waals surface area contributed by atoms with Crippen molar-refractivity contribution in [2.75, 3.05) is 14.1 Å². The van der Waals surface area contributed by atoms with Crippen LogP contribution in [0.3, 0.4) is 0 Å². The monoisotopic (exact) mass is 259 g/mol. The van der Waals surface area contributed by atoms with E-state index in [1.165, 1.54) is 17.5 Å². The van der Waals surface area contributed by atoms with Gasteiger partial charge in [0, 0.05) is 5.56 Å². The molecule has 104 valence electrons. The normalized spacial score (nSPS) is 18.6. The SMILES string of the molecule is Cc1ccc(C(=O)C2(N(C)C)CCCCC2)cc1C. The molecule has 0 aromatic heterocycles. The molecule has 0 N–H and O–H groups in total. The van der Waals surface area contributed by atoms with Gasteiger partial charge in [-0.05, 0) is 58.0 Å². The lowest BCUT2D eigenvalue weighted by atomic mass is 9.75. The smallest absolute Gasteiger partial charge is 0.183 e. The number of aryl methyl sites for hydroxylation is 2. The van der Waals surface area contributed by atoms with E-state index < -0.39 is 0 Å². The molecule has 0 atom stereocenters. The van der Waals surface area contributed by atoms with Crippen molar-refractivity contribution in [2.45, 2.75) is 51.5 Å². The number of likely N-dealkylation sites (N-methyl/N-ethyl adjacent to an activating group) is 1. The van der Waals surface area contributed by atoms with Crippen molar-refractivity contribution >= 4 is 5.78 Å². The molecule has 0 radical (unpaired) electrons. The summed E-state index contributed by atoms with van der Waals surface area (Å²) in [7, 11) is 4.09. The Balaban J connectivity index is 2.36. The highest BCUT2D eigenvalue weighted by atomic mass is 16.1. The predicted molar refractivity (Wildman–Crippen MR) is 79.7 cm³/mol. The lowest BCUT2D eigenvalue weighted by Crippen LogP contribution is -2.52. The van der Waals surface area contributed by atoms with E-state index in [0.717, 1.165) is 31.2 Å². The van der Waals surface area contributed by atoms with E-state index in [0.29, 0.717) is 5.78 Å². The first-order chi connectivity index (χ1) is 8.97. The molecule has 0 bridgehead atoms. The molecule has 19 heavy (non-hydrogen) atoms. The molecular formula is C17H25NO. The fraction of sp³-hybridized carbons (Fsp3) is 0.588. The Morgan fingerprint density at radius 1 is 1.05 bits per heavy atom. The van der Waals surface area contributed by atoms with Crippen molar-refractivity contribution in [2.24, 2.45) is 0 Å². The number of hydrogen-bond donors (Lipinski definition) is 0. The number of hydrogen-bond acceptors (Lipinski definition) is 2. The largest absolute Gasteiger partial charge is 0.297 e. The van der Waals surface area contributed by atoms with Crippen molar-refractivity contribution < 1.29 is 4.79 Å². The summed E-state index contributed by atoms with van der Waals surface area (Å²) in [5, 5.41) is 0. The van der Waals surface area contributed by atoms with E-state index in [9.17, 15) is 4.79 Å². The van der Waals surface area contributed by atoms with Crippen LogP contribution in [-0.2, 0) is 0 Å². The van der Waals surface area contributed by atoms with E-state index in [-0.39, 0.29) is 5.54 Å². The van der Waals surface area contributed by atoms with Crippen LogP contribution in [0.4, 0.5) is 0 Å². The molecule has 0 unspecified atom stereocenters. The van der Waals surface area contributed by atoms with Crippen LogP contribution >= 0.6 is 0 Å². The molecule has 0 amide bonds. The summed E-state index contributed by atoms with van der Waals surface area (Å²) < 4.78 is 0. The Labute approximate surface area is 116 Å². The maximum Gasteiger partial charge on any atom is 0.183 e. The molecular weight excluding hydrogens is 234 g/mol. The quantitative estimate of drug-likeness (QED) is 0.771. The van der Waals surface area contributed by atoms with Gasteiger partial charge in [0.15, 0.2) is 5.78 Å². The molecule has 1 aliphatic rings. The lowest BCUT2D eigenvalue weighted by Gasteiger charge is -2.41. The van der Waals surface area contributed by atoms with Crippen LogP contribution in [0.1, 0.15) is 53.6 Å². The third kappa shape index (κ3) is 2.59. The first kappa shape index (κ1) is 14.3. The van der Waals surface area contributed by atoms with Gasteiger partial charge in [0.25, 0.3) is 0 Å². The number of carbonyl (C=O) groups is 1. The molecule has 1 saturated carbocycles. The van der Waals surface area contributed by atoms with Gasteiger partial charge in [-0.1, -0.05) is 31.4 Å². The van der Waals surface area contributed by atoms with Crippen molar-refractivity contribution in [1.29, 1.82) is 0 Å². The molecule has 2 rings (SSSR count). The first-order valence-electron chi connectivity index (χ1n) is 7.27. The zero-order valence-electron chi connectivity index (χ0n) is 12.6. The number of benzene rings is 1. The average Bonchev–Trinajstić information content (AvgIpc) is 2.41. The van der Waals surface area contributed by atoms with E-state index >= 15 is 0 Å². The number of Topliss-reactive ketones (excluding diaryl/α,β-unsaturated/α-hetero) is 1. The summed E-state index contributed by atoms with van der Waals surface area (Å²) in [4.78, 5) is 15.1. The summed E-state index contributed by atoms with van der Waals surface area (Å²) in [6.07, 6.45) is 5.57. The van der Waals surface area contributed by atoms with Crippen molar-refractivity contribution in [3.63, 3.8) is 0 Å². The minimum atomic E-state index is -0.278. The zero-order chi connectivity index (χ0) is 14.0. The molecule has 0 heterocycles. The Morgan fingerprint density at radius 2 is 1.68 bits per heavy atom. The van der Waals surface area contributed by atoms with Gasteiger partial charge in [0.2, 0.25) is 0 Å². The molecule has 1 aromatic carbocycles. The van der Waals surface area contributed by atoms with E-state index in [1.54, 1.807) is 0 Å². The van der Waals surface area contributed by atoms with Crippen LogP contribution in [0, 0.1) is 13.8 Å². The number of ketones is 1. The van der Waals surface area contributed by atoms with Crippen LogP contribution in [0.2, 0.25) is 0 Å². The first-order valence-corrected chi connectivity index (χ1v) is 7.27. The van der Waals surface area contributed by atoms with Gasteiger partial charge in [0.05, 0.1) is 5.54 Å². The number of carbonyl (C=O) groups excluding carboxylic acids is 1. The maximum absolute atomic E-state index is 13.0. The van der Waals surface area contributed by atoms with Crippen molar-refractivity contribution in [1.82, 2.24) is 4.90 Å². The van der Waals surface area contributed by atoms with Gasteiger partial charge >= 0.3 is 0 Å². The van der Waals surface area contributed by atoms with Crippen LogP contribution < -0.4 is 0 Å². The molecule has 1 aliphatic carbocycles. The summed E-state index contributed by atoms with van der Waals surface area (Å²) in [5.74, 6) is 0.306. The van der Waals surface area contributed by atoms with Crippen molar-refractivity contribution in [3.8, 4) is 0 Å². The van der Waals surface area contributed by atoms with Crippen LogP contribution in [-0.4, -0.2) is 30.3 Å². The highest BCUT2D eigenvalue weighted by Crippen LogP contribution is 2.35. The van der Waals surface area contributed by atoms with Crippen LogP contribution in [0.15, 0.2) is 18.2 Å².